The van der Waals surface area contributed by atoms with Crippen LogP contribution in [0, 0.1) is 5.92 Å². The Morgan fingerprint density at radius 1 is 1.00 bits per heavy atom. The molecule has 2 aromatic rings. The first kappa shape index (κ1) is 23.5. The summed E-state index contributed by atoms with van der Waals surface area (Å²) in [7, 11) is 0. The second-order valence-corrected chi connectivity index (χ2v) is 8.90. The number of carboxylic acid groups (broad SMARTS) is 1. The Morgan fingerprint density at radius 2 is 1.62 bits per heavy atom. The molecule has 2 amide bonds. The van der Waals surface area contributed by atoms with Crippen LogP contribution in [-0.2, 0) is 14.3 Å². The lowest BCUT2D eigenvalue weighted by atomic mass is 9.84. The standard InChI is InChI=1S/C27H30N2O5/c1-17(25(30)29-24-13-7-6-12-22(24)26(31)32)14-15-28-27(33)34-16-23-20-10-4-2-8-18(20)19-9-3-5-11-21(19)23/h2-5,8-11,14,22-24H,6-7,12-13,15-16H2,1H3,(H,28,33)(H,29,30)(H,31,32)/b17-14+/t22-,24+/m1/s1. The van der Waals surface area contributed by atoms with Crippen LogP contribution in [0.1, 0.15) is 49.7 Å². The van der Waals surface area contributed by atoms with Crippen LogP contribution in [0.2, 0.25) is 0 Å². The summed E-state index contributed by atoms with van der Waals surface area (Å²) in [4.78, 5) is 36.2. The zero-order valence-corrected chi connectivity index (χ0v) is 19.3. The molecule has 0 bridgehead atoms. The molecule has 0 heterocycles. The number of hydrogen-bond donors (Lipinski definition) is 3. The number of ether oxygens (including phenoxy) is 1. The molecule has 0 aliphatic heterocycles. The molecule has 0 unspecified atom stereocenters. The summed E-state index contributed by atoms with van der Waals surface area (Å²) in [6.45, 7) is 2.01. The number of carboxylic acids is 1. The molecule has 4 rings (SSSR count). The van der Waals surface area contributed by atoms with Crippen molar-refractivity contribution < 1.29 is 24.2 Å². The van der Waals surface area contributed by atoms with Gasteiger partial charge in [-0.1, -0.05) is 67.4 Å². The number of alkyl carbamates (subject to hydrolysis) is 1. The fourth-order valence-electron chi connectivity index (χ4n) is 4.91. The van der Waals surface area contributed by atoms with Gasteiger partial charge in [0.15, 0.2) is 0 Å². The molecule has 1 fully saturated rings. The molecule has 0 aromatic heterocycles. The lowest BCUT2D eigenvalue weighted by Crippen LogP contribution is -2.45. The molecule has 34 heavy (non-hydrogen) atoms. The summed E-state index contributed by atoms with van der Waals surface area (Å²) < 4.78 is 5.50. The van der Waals surface area contributed by atoms with Crippen LogP contribution in [0.3, 0.4) is 0 Å². The van der Waals surface area contributed by atoms with Gasteiger partial charge in [-0.3, -0.25) is 9.59 Å². The normalized spacial score (nSPS) is 19.6. The molecule has 2 atom stereocenters. The minimum Gasteiger partial charge on any atom is -0.481 e. The van der Waals surface area contributed by atoms with Crippen molar-refractivity contribution in [2.24, 2.45) is 5.92 Å². The second kappa shape index (κ2) is 10.5. The van der Waals surface area contributed by atoms with Gasteiger partial charge in [-0.2, -0.15) is 0 Å². The Bertz CT molecular complexity index is 1060. The van der Waals surface area contributed by atoms with E-state index < -0.39 is 18.0 Å². The molecule has 178 valence electrons. The number of carbonyl (C=O) groups excluding carboxylic acids is 2. The average molecular weight is 463 g/mol. The molecule has 0 radical (unpaired) electrons. The van der Waals surface area contributed by atoms with Crippen molar-refractivity contribution in [3.63, 3.8) is 0 Å². The summed E-state index contributed by atoms with van der Waals surface area (Å²) in [5.74, 6) is -1.75. The highest BCUT2D eigenvalue weighted by molar-refractivity contribution is 5.93. The average Bonchev–Trinajstić information content (AvgIpc) is 3.16. The Balaban J connectivity index is 1.27. The van der Waals surface area contributed by atoms with Gasteiger partial charge >= 0.3 is 12.1 Å². The zero-order valence-electron chi connectivity index (χ0n) is 19.3. The van der Waals surface area contributed by atoms with Gasteiger partial charge in [0, 0.05) is 24.1 Å². The minimum atomic E-state index is -0.872. The molecule has 0 saturated heterocycles. The first-order valence-corrected chi connectivity index (χ1v) is 11.7. The van der Waals surface area contributed by atoms with Gasteiger partial charge in [-0.05, 0) is 42.0 Å². The number of rotatable bonds is 7. The first-order valence-electron chi connectivity index (χ1n) is 11.7. The maximum atomic E-state index is 12.5. The fourth-order valence-corrected chi connectivity index (χ4v) is 4.91. The van der Waals surface area contributed by atoms with E-state index in [-0.39, 0.29) is 31.0 Å². The molecule has 2 aromatic carbocycles. The minimum absolute atomic E-state index is 0.0149. The summed E-state index contributed by atoms with van der Waals surface area (Å²) in [5.41, 5.74) is 5.05. The monoisotopic (exact) mass is 462 g/mol. The smallest absolute Gasteiger partial charge is 0.407 e. The van der Waals surface area contributed by atoms with Gasteiger partial charge in [0.2, 0.25) is 5.91 Å². The lowest BCUT2D eigenvalue weighted by Gasteiger charge is -2.29. The second-order valence-electron chi connectivity index (χ2n) is 8.90. The van der Waals surface area contributed by atoms with Crippen molar-refractivity contribution in [3.8, 4) is 11.1 Å². The van der Waals surface area contributed by atoms with Crippen LogP contribution >= 0.6 is 0 Å². The SMILES string of the molecule is C/C(=C\CNC(=O)OCC1c2ccccc2-c2ccccc21)C(=O)N[C@H]1CCCC[C@H]1C(=O)O. The van der Waals surface area contributed by atoms with Crippen molar-refractivity contribution in [1.82, 2.24) is 10.6 Å². The molecule has 1 saturated carbocycles. The highest BCUT2D eigenvalue weighted by atomic mass is 16.5. The van der Waals surface area contributed by atoms with Crippen LogP contribution in [0.4, 0.5) is 4.79 Å². The predicted octanol–water partition coefficient (Wildman–Crippen LogP) is 4.23. The third-order valence-electron chi connectivity index (χ3n) is 6.76. The van der Waals surface area contributed by atoms with Crippen molar-refractivity contribution >= 4 is 18.0 Å². The van der Waals surface area contributed by atoms with E-state index in [1.807, 2.05) is 24.3 Å². The number of aliphatic carboxylic acids is 1. The fraction of sp³-hybridized carbons (Fsp3) is 0.370. The highest BCUT2D eigenvalue weighted by Crippen LogP contribution is 2.44. The van der Waals surface area contributed by atoms with Crippen molar-refractivity contribution in [3.05, 3.63) is 71.3 Å². The molecule has 3 N–H and O–H groups in total. The first-order chi connectivity index (χ1) is 16.5. The third kappa shape index (κ3) is 5.14. The lowest BCUT2D eigenvalue weighted by molar-refractivity contribution is -0.144. The van der Waals surface area contributed by atoms with Gasteiger partial charge in [0.05, 0.1) is 5.92 Å². The number of benzene rings is 2. The summed E-state index contributed by atoms with van der Waals surface area (Å²) in [5, 5.41) is 14.9. The van der Waals surface area contributed by atoms with E-state index >= 15 is 0 Å². The molecule has 2 aliphatic rings. The molecule has 7 heteroatoms. The topological polar surface area (TPSA) is 105 Å². The number of amides is 2. The molecular formula is C27H30N2O5. The number of nitrogens with one attached hydrogen (secondary N) is 2. The summed E-state index contributed by atoms with van der Waals surface area (Å²) >= 11 is 0. The summed E-state index contributed by atoms with van der Waals surface area (Å²) in [6, 6.07) is 15.9. The van der Waals surface area contributed by atoms with Crippen LogP contribution in [0.15, 0.2) is 60.2 Å². The molecule has 0 spiro atoms. The number of carbonyl (C=O) groups is 3. The van der Waals surface area contributed by atoms with Gasteiger partial charge in [0.25, 0.3) is 0 Å². The Labute approximate surface area is 199 Å². The van der Waals surface area contributed by atoms with Crippen LogP contribution in [0.25, 0.3) is 11.1 Å². The largest absolute Gasteiger partial charge is 0.481 e. The van der Waals surface area contributed by atoms with E-state index in [0.29, 0.717) is 18.4 Å². The van der Waals surface area contributed by atoms with E-state index in [9.17, 15) is 19.5 Å². The maximum Gasteiger partial charge on any atom is 0.407 e. The van der Waals surface area contributed by atoms with Gasteiger partial charge < -0.3 is 20.5 Å². The van der Waals surface area contributed by atoms with Crippen LogP contribution in [0.5, 0.6) is 0 Å². The molecule has 2 aliphatic carbocycles. The van der Waals surface area contributed by atoms with Gasteiger partial charge in [-0.25, -0.2) is 4.79 Å². The van der Waals surface area contributed by atoms with E-state index in [0.717, 1.165) is 24.0 Å². The molecule has 7 nitrogen and oxygen atoms in total. The summed E-state index contributed by atoms with van der Waals surface area (Å²) in [6.07, 6.45) is 4.06. The van der Waals surface area contributed by atoms with Crippen LogP contribution < -0.4 is 10.6 Å². The maximum absolute atomic E-state index is 12.5. The number of hydrogen-bond acceptors (Lipinski definition) is 4. The predicted molar refractivity (Wildman–Crippen MR) is 128 cm³/mol. The van der Waals surface area contributed by atoms with E-state index in [2.05, 4.69) is 34.9 Å². The van der Waals surface area contributed by atoms with Crippen molar-refractivity contribution in [2.45, 2.75) is 44.6 Å². The Morgan fingerprint density at radius 3 is 2.26 bits per heavy atom. The van der Waals surface area contributed by atoms with Crippen LogP contribution in [-0.4, -0.2) is 42.3 Å². The Kier molecular flexibility index (Phi) is 7.30. The van der Waals surface area contributed by atoms with Crippen molar-refractivity contribution in [2.75, 3.05) is 13.2 Å². The van der Waals surface area contributed by atoms with E-state index in [4.69, 9.17) is 4.74 Å². The zero-order chi connectivity index (χ0) is 24.1. The van der Waals surface area contributed by atoms with Gasteiger partial charge in [0.1, 0.15) is 6.61 Å². The third-order valence-corrected chi connectivity index (χ3v) is 6.76. The Hall–Kier alpha value is -3.61. The van der Waals surface area contributed by atoms with Crippen molar-refractivity contribution in [1.29, 1.82) is 0 Å². The van der Waals surface area contributed by atoms with E-state index in [1.54, 1.807) is 13.0 Å². The number of fused-ring (bicyclic) bond motifs is 3. The van der Waals surface area contributed by atoms with E-state index in [1.165, 1.54) is 11.1 Å². The van der Waals surface area contributed by atoms with Gasteiger partial charge in [-0.15, -0.1) is 0 Å². The molecular weight excluding hydrogens is 432 g/mol. The highest BCUT2D eigenvalue weighted by Gasteiger charge is 2.32. The quantitative estimate of drug-likeness (QED) is 0.534.